The fraction of sp³-hybridized carbons (Fsp3) is 0.706. The second kappa shape index (κ2) is 5.36. The van der Waals surface area contributed by atoms with Crippen LogP contribution >= 0.6 is 12.6 Å². The van der Waals surface area contributed by atoms with Gasteiger partial charge in [0.25, 0.3) is 5.56 Å². The molecular formula is C17H28N4OS. The van der Waals surface area contributed by atoms with Crippen LogP contribution < -0.4 is 5.56 Å². The van der Waals surface area contributed by atoms with Crippen molar-refractivity contribution in [2.24, 2.45) is 0 Å². The molecular weight excluding hydrogens is 308 g/mol. The van der Waals surface area contributed by atoms with Crippen LogP contribution in [0.25, 0.3) is 11.0 Å². The minimum absolute atomic E-state index is 0.0361. The molecule has 2 heterocycles. The summed E-state index contributed by atoms with van der Waals surface area (Å²) in [6.07, 6.45) is 0. The third-order valence-electron chi connectivity index (χ3n) is 3.98. The van der Waals surface area contributed by atoms with E-state index in [1.54, 1.807) is 4.57 Å². The number of hydrogen-bond acceptors (Lipinski definition) is 4. The first-order chi connectivity index (χ1) is 10.3. The number of aromatic nitrogens is 4. The lowest BCUT2D eigenvalue weighted by atomic mass is 9.89. The fourth-order valence-electron chi connectivity index (χ4n) is 2.67. The molecule has 2 aromatic rings. The van der Waals surface area contributed by atoms with Gasteiger partial charge in [-0.3, -0.25) is 14.5 Å². The van der Waals surface area contributed by atoms with Crippen molar-refractivity contribution in [2.45, 2.75) is 71.8 Å². The van der Waals surface area contributed by atoms with Crippen molar-refractivity contribution in [1.29, 1.82) is 0 Å². The summed E-state index contributed by atoms with van der Waals surface area (Å²) in [5.74, 6) is 1.34. The van der Waals surface area contributed by atoms with Crippen molar-refractivity contribution in [3.63, 3.8) is 0 Å². The highest BCUT2D eigenvalue weighted by atomic mass is 32.1. The largest absolute Gasteiger partial charge is 0.290 e. The summed E-state index contributed by atoms with van der Waals surface area (Å²) in [6, 6.07) is 0. The zero-order chi connectivity index (χ0) is 17.8. The quantitative estimate of drug-likeness (QED) is 0.826. The lowest BCUT2D eigenvalue weighted by Crippen LogP contribution is -2.42. The zero-order valence-electron chi connectivity index (χ0n) is 15.4. The Labute approximate surface area is 143 Å². The summed E-state index contributed by atoms with van der Waals surface area (Å²) in [5, 5.41) is 7.92. The summed E-state index contributed by atoms with van der Waals surface area (Å²) >= 11 is 4.45. The second-order valence-corrected chi connectivity index (χ2v) is 9.15. The number of rotatable bonds is 2. The highest BCUT2D eigenvalue weighted by Gasteiger charge is 2.33. The van der Waals surface area contributed by atoms with Gasteiger partial charge < -0.3 is 0 Å². The molecule has 0 aliphatic heterocycles. The molecule has 5 nitrogen and oxygen atoms in total. The molecule has 0 amide bonds. The maximum Gasteiger partial charge on any atom is 0.265 e. The van der Waals surface area contributed by atoms with E-state index in [0.29, 0.717) is 16.8 Å². The first-order valence-corrected chi connectivity index (χ1v) is 8.57. The topological polar surface area (TPSA) is 63.6 Å². The molecule has 2 rings (SSSR count). The van der Waals surface area contributed by atoms with Gasteiger partial charge in [0, 0.05) is 22.1 Å². The average Bonchev–Trinajstić information content (AvgIpc) is 2.81. The number of fused-ring (bicyclic) bond motifs is 1. The van der Waals surface area contributed by atoms with Crippen molar-refractivity contribution < 1.29 is 0 Å². The molecule has 0 aromatic carbocycles. The van der Waals surface area contributed by atoms with Gasteiger partial charge in [-0.2, -0.15) is 17.7 Å². The summed E-state index contributed by atoms with van der Waals surface area (Å²) < 4.78 is 1.80. The Bertz CT molecular complexity index is 788. The van der Waals surface area contributed by atoms with E-state index in [9.17, 15) is 4.79 Å². The minimum atomic E-state index is -0.375. The molecule has 23 heavy (non-hydrogen) atoms. The van der Waals surface area contributed by atoms with Gasteiger partial charge in [0.2, 0.25) is 0 Å². The predicted octanol–water partition coefficient (Wildman–Crippen LogP) is 3.38. The van der Waals surface area contributed by atoms with Crippen LogP contribution in [0.5, 0.6) is 0 Å². The smallest absolute Gasteiger partial charge is 0.265 e. The second-order valence-electron chi connectivity index (χ2n) is 8.83. The van der Waals surface area contributed by atoms with Crippen molar-refractivity contribution in [2.75, 3.05) is 5.75 Å². The molecule has 0 spiro atoms. The van der Waals surface area contributed by atoms with Crippen molar-refractivity contribution in [3.05, 3.63) is 21.9 Å². The molecule has 0 fully saturated rings. The van der Waals surface area contributed by atoms with E-state index in [1.807, 2.05) is 20.8 Å². The highest BCUT2D eigenvalue weighted by molar-refractivity contribution is 7.80. The van der Waals surface area contributed by atoms with Crippen LogP contribution in [0, 0.1) is 0 Å². The monoisotopic (exact) mass is 336 g/mol. The van der Waals surface area contributed by atoms with Crippen LogP contribution in [0.1, 0.15) is 66.9 Å². The number of nitrogens with one attached hydrogen (secondary N) is 1. The SMILES string of the molecule is CC(C)(C)c1n[nH]c2nc(C(C)(C)CS)n(C(C)(C)C)c(=O)c12. The Kier molecular flexibility index (Phi) is 4.21. The maximum absolute atomic E-state index is 13.3. The third-order valence-corrected chi connectivity index (χ3v) is 4.77. The van der Waals surface area contributed by atoms with Gasteiger partial charge >= 0.3 is 0 Å². The highest BCUT2D eigenvalue weighted by Crippen LogP contribution is 2.30. The summed E-state index contributed by atoms with van der Waals surface area (Å²) in [4.78, 5) is 18.1. The molecule has 0 aliphatic carbocycles. The number of nitrogens with zero attached hydrogens (tertiary/aromatic N) is 3. The Balaban J connectivity index is 3.00. The first kappa shape index (κ1) is 18.0. The Morgan fingerprint density at radius 1 is 1.09 bits per heavy atom. The van der Waals surface area contributed by atoms with Crippen LogP contribution in [0.4, 0.5) is 0 Å². The lowest BCUT2D eigenvalue weighted by molar-refractivity contribution is 0.339. The molecule has 2 aromatic heterocycles. The van der Waals surface area contributed by atoms with Crippen molar-refractivity contribution in [1.82, 2.24) is 19.7 Å². The summed E-state index contributed by atoms with van der Waals surface area (Å²) in [6.45, 7) is 16.3. The number of aromatic amines is 1. The van der Waals surface area contributed by atoms with Crippen LogP contribution in [-0.2, 0) is 16.4 Å². The minimum Gasteiger partial charge on any atom is -0.290 e. The van der Waals surface area contributed by atoms with Crippen LogP contribution in [-0.4, -0.2) is 25.5 Å². The maximum atomic E-state index is 13.3. The summed E-state index contributed by atoms with van der Waals surface area (Å²) in [7, 11) is 0. The van der Waals surface area contributed by atoms with E-state index in [0.717, 1.165) is 11.5 Å². The first-order valence-electron chi connectivity index (χ1n) is 7.94. The molecule has 0 aliphatic rings. The van der Waals surface area contributed by atoms with Crippen LogP contribution in [0.3, 0.4) is 0 Å². The number of H-pyrrole nitrogens is 1. The van der Waals surface area contributed by atoms with E-state index in [2.05, 4.69) is 57.4 Å². The molecule has 0 atom stereocenters. The summed E-state index contributed by atoms with van der Waals surface area (Å²) in [5.41, 5.74) is 0.362. The van der Waals surface area contributed by atoms with Gasteiger partial charge in [-0.15, -0.1) is 0 Å². The van der Waals surface area contributed by atoms with Gasteiger partial charge in [0.1, 0.15) is 11.2 Å². The van der Waals surface area contributed by atoms with Crippen LogP contribution in [0.15, 0.2) is 4.79 Å². The molecule has 0 bridgehead atoms. The molecule has 128 valence electrons. The van der Waals surface area contributed by atoms with Gasteiger partial charge in [-0.1, -0.05) is 34.6 Å². The van der Waals surface area contributed by atoms with Crippen LogP contribution in [0.2, 0.25) is 0 Å². The molecule has 1 N–H and O–H groups in total. The van der Waals surface area contributed by atoms with Crippen molar-refractivity contribution in [3.8, 4) is 0 Å². The van der Waals surface area contributed by atoms with E-state index in [1.165, 1.54) is 0 Å². The standard InChI is InChI=1S/C17H28N4OS/c1-15(2,3)11-10-12(20-19-11)18-14(17(7,8)9-23)21(13(10)22)16(4,5)6/h23H,9H2,1-8H3,(H,19,20). The third kappa shape index (κ3) is 3.05. The fourth-order valence-corrected chi connectivity index (χ4v) is 2.81. The Hall–Kier alpha value is -1.30. The normalized spacial score (nSPS) is 13.8. The van der Waals surface area contributed by atoms with E-state index in [4.69, 9.17) is 4.98 Å². The lowest BCUT2D eigenvalue weighted by Gasteiger charge is -2.32. The van der Waals surface area contributed by atoms with Gasteiger partial charge in [-0.25, -0.2) is 4.98 Å². The van der Waals surface area contributed by atoms with Crippen molar-refractivity contribution >= 4 is 23.7 Å². The van der Waals surface area contributed by atoms with E-state index in [-0.39, 0.29) is 21.9 Å². The van der Waals surface area contributed by atoms with Gasteiger partial charge in [0.15, 0.2) is 5.65 Å². The molecule has 0 saturated carbocycles. The van der Waals surface area contributed by atoms with E-state index >= 15 is 0 Å². The molecule has 0 unspecified atom stereocenters. The average molecular weight is 337 g/mol. The number of thiol groups is 1. The molecule has 6 heteroatoms. The molecule has 0 radical (unpaired) electrons. The predicted molar refractivity (Wildman–Crippen MR) is 98.7 cm³/mol. The van der Waals surface area contributed by atoms with Gasteiger partial charge in [0.05, 0.1) is 5.69 Å². The Morgan fingerprint density at radius 3 is 2.09 bits per heavy atom. The zero-order valence-corrected chi connectivity index (χ0v) is 16.3. The molecule has 0 saturated heterocycles. The Morgan fingerprint density at radius 2 is 1.65 bits per heavy atom. The van der Waals surface area contributed by atoms with E-state index < -0.39 is 0 Å². The van der Waals surface area contributed by atoms with Gasteiger partial charge in [-0.05, 0) is 20.8 Å². The number of hydrogen-bond donors (Lipinski definition) is 2.